The number of ether oxygens (including phenoxy) is 1. The summed E-state index contributed by atoms with van der Waals surface area (Å²) in [4.78, 5) is 32.7. The molecule has 2 heterocycles. The van der Waals surface area contributed by atoms with Crippen LogP contribution in [0.3, 0.4) is 0 Å². The lowest BCUT2D eigenvalue weighted by molar-refractivity contribution is 0.0958. The SMILES string of the molecule is CCn1c(NNC(=O)c2cc3ccc(OC)cc3[nH]2)nc2ccccc2c1=O. The van der Waals surface area contributed by atoms with Crippen LogP contribution in [-0.4, -0.2) is 27.6 Å². The Morgan fingerprint density at radius 3 is 2.82 bits per heavy atom. The Hall–Kier alpha value is -3.81. The van der Waals surface area contributed by atoms with Crippen molar-refractivity contribution in [3.63, 3.8) is 0 Å². The second-order valence-electron chi connectivity index (χ2n) is 6.22. The van der Waals surface area contributed by atoms with Gasteiger partial charge in [-0.15, -0.1) is 0 Å². The van der Waals surface area contributed by atoms with Gasteiger partial charge in [0.15, 0.2) is 0 Å². The van der Waals surface area contributed by atoms with Crippen molar-refractivity contribution in [3.05, 3.63) is 64.6 Å². The molecule has 0 aliphatic heterocycles. The average Bonchev–Trinajstić information content (AvgIpc) is 3.15. The van der Waals surface area contributed by atoms with Gasteiger partial charge < -0.3 is 9.72 Å². The highest BCUT2D eigenvalue weighted by atomic mass is 16.5. The van der Waals surface area contributed by atoms with E-state index in [1.807, 2.05) is 31.2 Å². The van der Waals surface area contributed by atoms with Gasteiger partial charge in [-0.05, 0) is 37.3 Å². The lowest BCUT2D eigenvalue weighted by Gasteiger charge is -2.13. The lowest BCUT2D eigenvalue weighted by atomic mass is 10.2. The fourth-order valence-electron chi connectivity index (χ4n) is 3.09. The van der Waals surface area contributed by atoms with Gasteiger partial charge in [0.05, 0.1) is 18.0 Å². The van der Waals surface area contributed by atoms with Crippen LogP contribution in [0.25, 0.3) is 21.8 Å². The number of rotatable bonds is 5. The molecule has 4 aromatic rings. The maximum atomic E-state index is 12.6. The highest BCUT2D eigenvalue weighted by Crippen LogP contribution is 2.21. The van der Waals surface area contributed by atoms with Crippen molar-refractivity contribution in [2.24, 2.45) is 0 Å². The van der Waals surface area contributed by atoms with Gasteiger partial charge in [-0.1, -0.05) is 12.1 Å². The molecule has 0 aliphatic rings. The van der Waals surface area contributed by atoms with E-state index in [0.29, 0.717) is 28.9 Å². The second kappa shape index (κ2) is 7.07. The van der Waals surface area contributed by atoms with E-state index in [4.69, 9.17) is 4.74 Å². The van der Waals surface area contributed by atoms with E-state index in [1.165, 1.54) is 4.57 Å². The molecular formula is C20H19N5O3. The molecule has 0 aliphatic carbocycles. The standard InChI is InChI=1S/C20H19N5O3/c1-3-25-19(27)14-6-4-5-7-15(14)22-20(25)24-23-18(26)17-10-12-8-9-13(28-2)11-16(12)21-17/h4-11,21H,3H2,1-2H3,(H,22,24)(H,23,26). The van der Waals surface area contributed by atoms with Crippen LogP contribution in [0, 0.1) is 0 Å². The summed E-state index contributed by atoms with van der Waals surface area (Å²) in [6.45, 7) is 2.26. The first kappa shape index (κ1) is 17.6. The van der Waals surface area contributed by atoms with Gasteiger partial charge in [0, 0.05) is 23.5 Å². The Balaban J connectivity index is 1.60. The molecule has 8 heteroatoms. The molecule has 142 valence electrons. The molecule has 0 saturated heterocycles. The summed E-state index contributed by atoms with van der Waals surface area (Å²) in [7, 11) is 1.59. The molecule has 4 rings (SSSR count). The molecule has 2 aromatic carbocycles. The maximum Gasteiger partial charge on any atom is 0.286 e. The zero-order valence-corrected chi connectivity index (χ0v) is 15.4. The van der Waals surface area contributed by atoms with Crippen molar-refractivity contribution in [1.82, 2.24) is 20.0 Å². The summed E-state index contributed by atoms with van der Waals surface area (Å²) in [5.74, 6) is 0.601. The largest absolute Gasteiger partial charge is 0.497 e. The maximum absolute atomic E-state index is 12.6. The monoisotopic (exact) mass is 377 g/mol. The van der Waals surface area contributed by atoms with Crippen LogP contribution in [0.15, 0.2) is 53.3 Å². The Kier molecular flexibility index (Phi) is 4.44. The van der Waals surface area contributed by atoms with Gasteiger partial charge in [0.25, 0.3) is 11.5 Å². The third-order valence-electron chi connectivity index (χ3n) is 4.54. The third kappa shape index (κ3) is 3.05. The molecule has 0 saturated carbocycles. The van der Waals surface area contributed by atoms with E-state index in [9.17, 15) is 9.59 Å². The minimum atomic E-state index is -0.375. The molecule has 1 amide bonds. The van der Waals surface area contributed by atoms with Crippen molar-refractivity contribution in [2.45, 2.75) is 13.5 Å². The summed E-state index contributed by atoms with van der Waals surface area (Å²) < 4.78 is 6.67. The molecular weight excluding hydrogens is 358 g/mol. The minimum Gasteiger partial charge on any atom is -0.497 e. The summed E-state index contributed by atoms with van der Waals surface area (Å²) in [5.41, 5.74) is 6.93. The van der Waals surface area contributed by atoms with Gasteiger partial charge in [-0.25, -0.2) is 4.98 Å². The number of aromatic amines is 1. The van der Waals surface area contributed by atoms with E-state index >= 15 is 0 Å². The Morgan fingerprint density at radius 2 is 2.04 bits per heavy atom. The van der Waals surface area contributed by atoms with E-state index in [1.54, 1.807) is 31.4 Å². The van der Waals surface area contributed by atoms with Crippen molar-refractivity contribution in [3.8, 4) is 5.75 Å². The number of methoxy groups -OCH3 is 1. The van der Waals surface area contributed by atoms with Crippen LogP contribution in [0.4, 0.5) is 5.95 Å². The van der Waals surface area contributed by atoms with Gasteiger partial charge in [-0.2, -0.15) is 0 Å². The number of benzene rings is 2. The quantitative estimate of drug-likeness (QED) is 0.464. The Bertz CT molecular complexity index is 1240. The Morgan fingerprint density at radius 1 is 1.21 bits per heavy atom. The number of carbonyl (C=O) groups is 1. The number of carbonyl (C=O) groups excluding carboxylic acids is 1. The number of hydrogen-bond acceptors (Lipinski definition) is 5. The van der Waals surface area contributed by atoms with Gasteiger partial charge in [0.1, 0.15) is 11.4 Å². The summed E-state index contributed by atoms with van der Waals surface area (Å²) in [6, 6.07) is 14.4. The van der Waals surface area contributed by atoms with Crippen LogP contribution in [0.5, 0.6) is 5.75 Å². The van der Waals surface area contributed by atoms with Crippen molar-refractivity contribution < 1.29 is 9.53 Å². The topological polar surface area (TPSA) is 101 Å². The van der Waals surface area contributed by atoms with E-state index in [-0.39, 0.29) is 17.4 Å². The van der Waals surface area contributed by atoms with E-state index < -0.39 is 0 Å². The number of hydrogen-bond donors (Lipinski definition) is 3. The predicted octanol–water partition coefficient (Wildman–Crippen LogP) is 2.66. The molecule has 0 fully saturated rings. The number of aromatic nitrogens is 3. The first-order valence-corrected chi connectivity index (χ1v) is 8.83. The van der Waals surface area contributed by atoms with Gasteiger partial charge >= 0.3 is 0 Å². The summed E-state index contributed by atoms with van der Waals surface area (Å²) in [5, 5.41) is 1.42. The van der Waals surface area contributed by atoms with E-state index in [2.05, 4.69) is 20.8 Å². The smallest absolute Gasteiger partial charge is 0.286 e. The summed E-state index contributed by atoms with van der Waals surface area (Å²) >= 11 is 0. The van der Waals surface area contributed by atoms with Crippen LogP contribution < -0.4 is 21.1 Å². The predicted molar refractivity (Wildman–Crippen MR) is 108 cm³/mol. The number of nitrogens with one attached hydrogen (secondary N) is 3. The molecule has 0 bridgehead atoms. The summed E-state index contributed by atoms with van der Waals surface area (Å²) in [6.07, 6.45) is 0. The van der Waals surface area contributed by atoms with E-state index in [0.717, 1.165) is 10.9 Å². The second-order valence-corrected chi connectivity index (χ2v) is 6.22. The van der Waals surface area contributed by atoms with Crippen molar-refractivity contribution >= 4 is 33.7 Å². The number of para-hydroxylation sites is 1. The van der Waals surface area contributed by atoms with Crippen LogP contribution in [0.1, 0.15) is 17.4 Å². The fourth-order valence-corrected chi connectivity index (χ4v) is 3.09. The molecule has 2 aromatic heterocycles. The normalized spacial score (nSPS) is 10.9. The van der Waals surface area contributed by atoms with Crippen LogP contribution >= 0.6 is 0 Å². The molecule has 3 N–H and O–H groups in total. The lowest BCUT2D eigenvalue weighted by Crippen LogP contribution is -2.34. The molecule has 0 atom stereocenters. The van der Waals surface area contributed by atoms with Gasteiger partial charge in [0.2, 0.25) is 5.95 Å². The zero-order chi connectivity index (χ0) is 19.7. The van der Waals surface area contributed by atoms with Crippen LogP contribution in [-0.2, 0) is 6.54 Å². The number of fused-ring (bicyclic) bond motifs is 2. The zero-order valence-electron chi connectivity index (χ0n) is 15.4. The van der Waals surface area contributed by atoms with Gasteiger partial charge in [-0.3, -0.25) is 25.0 Å². The van der Waals surface area contributed by atoms with Crippen LogP contribution in [0.2, 0.25) is 0 Å². The number of hydrazine groups is 1. The minimum absolute atomic E-state index is 0.164. The number of nitrogens with zero attached hydrogens (tertiary/aromatic N) is 2. The average molecular weight is 377 g/mol. The molecule has 0 unspecified atom stereocenters. The first-order valence-electron chi connectivity index (χ1n) is 8.83. The number of amides is 1. The first-order chi connectivity index (χ1) is 13.6. The fraction of sp³-hybridized carbons (Fsp3) is 0.150. The molecule has 0 spiro atoms. The van der Waals surface area contributed by atoms with Crippen molar-refractivity contribution in [2.75, 3.05) is 12.5 Å². The molecule has 0 radical (unpaired) electrons. The van der Waals surface area contributed by atoms with Crippen molar-refractivity contribution in [1.29, 1.82) is 0 Å². The number of anilines is 1. The highest BCUT2D eigenvalue weighted by molar-refractivity contribution is 5.98. The molecule has 8 nitrogen and oxygen atoms in total. The highest BCUT2D eigenvalue weighted by Gasteiger charge is 2.13. The number of H-pyrrole nitrogens is 1. The molecule has 28 heavy (non-hydrogen) atoms. The third-order valence-corrected chi connectivity index (χ3v) is 4.54. The Labute approximate surface area is 160 Å².